The zero-order valence-electron chi connectivity index (χ0n) is 19.0. The molecule has 6 nitrogen and oxygen atoms in total. The van der Waals surface area contributed by atoms with Crippen molar-refractivity contribution in [2.75, 3.05) is 11.9 Å². The summed E-state index contributed by atoms with van der Waals surface area (Å²) in [5.41, 5.74) is 3.33. The molecule has 0 aromatic heterocycles. The van der Waals surface area contributed by atoms with Gasteiger partial charge in [0, 0.05) is 30.8 Å². The van der Waals surface area contributed by atoms with Crippen molar-refractivity contribution in [1.82, 2.24) is 10.6 Å². The van der Waals surface area contributed by atoms with E-state index in [1.165, 1.54) is 0 Å². The van der Waals surface area contributed by atoms with Gasteiger partial charge in [0.2, 0.25) is 0 Å². The maximum absolute atomic E-state index is 12.7. The number of rotatable bonds is 9. The van der Waals surface area contributed by atoms with E-state index < -0.39 is 5.66 Å². The molecule has 1 aliphatic heterocycles. The highest BCUT2D eigenvalue weighted by molar-refractivity contribution is 5.82. The Kier molecular flexibility index (Phi) is 6.75. The highest BCUT2D eigenvalue weighted by atomic mass is 16.6. The highest BCUT2D eigenvalue weighted by Crippen LogP contribution is 2.39. The topological polar surface area (TPSA) is 79.2 Å². The van der Waals surface area contributed by atoms with Gasteiger partial charge in [-0.1, -0.05) is 92.7 Å². The second kappa shape index (κ2) is 9.88. The Morgan fingerprint density at radius 2 is 1.52 bits per heavy atom. The van der Waals surface area contributed by atoms with E-state index >= 15 is 0 Å². The lowest BCUT2D eigenvalue weighted by Gasteiger charge is -2.39. The fourth-order valence-electron chi connectivity index (χ4n) is 4.24. The monoisotopic (exact) mass is 442 g/mol. The molecule has 1 unspecified atom stereocenters. The van der Waals surface area contributed by atoms with Crippen LogP contribution in [-0.4, -0.2) is 17.1 Å². The van der Waals surface area contributed by atoms with E-state index in [9.17, 15) is 10.1 Å². The van der Waals surface area contributed by atoms with E-state index in [0.29, 0.717) is 31.1 Å². The van der Waals surface area contributed by atoms with Gasteiger partial charge in [-0.25, -0.2) is 0 Å². The number of nitro groups is 1. The Morgan fingerprint density at radius 1 is 0.909 bits per heavy atom. The molecule has 6 heteroatoms. The summed E-state index contributed by atoms with van der Waals surface area (Å²) < 4.78 is 0. The third-order valence-corrected chi connectivity index (χ3v) is 5.80. The second-order valence-electron chi connectivity index (χ2n) is 8.83. The Morgan fingerprint density at radius 3 is 2.15 bits per heavy atom. The van der Waals surface area contributed by atoms with Gasteiger partial charge in [0.25, 0.3) is 0 Å². The van der Waals surface area contributed by atoms with E-state index in [0.717, 1.165) is 22.4 Å². The number of para-hydroxylation sites is 1. The summed E-state index contributed by atoms with van der Waals surface area (Å²) in [6.45, 7) is 5.31. The summed E-state index contributed by atoms with van der Waals surface area (Å²) in [7, 11) is 0. The summed E-state index contributed by atoms with van der Waals surface area (Å²) in [5, 5.41) is 23.1. The standard InChI is InChI=1S/C27H30N4O2/c1-20(2)18-28-25-23-15-9-10-16-24(23)30-27(26(25)31(32)33,17-21-11-5-3-6-12-21)29-19-22-13-7-4-8-14-22/h3-16,20,28-30H,17-19H2,1-2H3. The van der Waals surface area contributed by atoms with E-state index in [-0.39, 0.29) is 10.6 Å². The average molecular weight is 443 g/mol. The van der Waals surface area contributed by atoms with Crippen molar-refractivity contribution in [2.45, 2.75) is 32.5 Å². The molecule has 0 bridgehead atoms. The first kappa shape index (κ1) is 22.6. The van der Waals surface area contributed by atoms with Crippen molar-refractivity contribution in [3.63, 3.8) is 0 Å². The van der Waals surface area contributed by atoms with Gasteiger partial charge in [-0.15, -0.1) is 0 Å². The number of hydrogen-bond acceptors (Lipinski definition) is 5. The zero-order valence-corrected chi connectivity index (χ0v) is 19.0. The summed E-state index contributed by atoms with van der Waals surface area (Å²) in [6, 6.07) is 27.6. The maximum Gasteiger partial charge on any atom is 0.309 e. The zero-order chi connectivity index (χ0) is 23.3. The van der Waals surface area contributed by atoms with Gasteiger partial charge in [0.1, 0.15) is 5.70 Å². The SMILES string of the molecule is CC(C)CNC1=C([N+](=O)[O-])C(Cc2ccccc2)(NCc2ccccc2)Nc2ccccc21. The van der Waals surface area contributed by atoms with Crippen LogP contribution in [0.25, 0.3) is 5.70 Å². The smallest absolute Gasteiger partial charge is 0.309 e. The normalized spacial score (nSPS) is 17.4. The molecular formula is C27H30N4O2. The van der Waals surface area contributed by atoms with Crippen LogP contribution in [0.3, 0.4) is 0 Å². The summed E-state index contributed by atoms with van der Waals surface area (Å²) in [6.07, 6.45) is 0.415. The van der Waals surface area contributed by atoms with Crippen LogP contribution < -0.4 is 16.0 Å². The number of nitrogens with one attached hydrogen (secondary N) is 3. The Labute approximate surface area is 194 Å². The van der Waals surface area contributed by atoms with Crippen molar-refractivity contribution in [2.24, 2.45) is 5.92 Å². The number of anilines is 1. The first-order valence-electron chi connectivity index (χ1n) is 11.3. The molecule has 0 saturated carbocycles. The van der Waals surface area contributed by atoms with Gasteiger partial charge in [-0.3, -0.25) is 15.4 Å². The van der Waals surface area contributed by atoms with Crippen LogP contribution in [0.1, 0.15) is 30.5 Å². The van der Waals surface area contributed by atoms with Gasteiger partial charge in [0.05, 0.1) is 4.92 Å². The van der Waals surface area contributed by atoms with Crippen LogP contribution in [0.4, 0.5) is 5.69 Å². The van der Waals surface area contributed by atoms with Gasteiger partial charge >= 0.3 is 5.70 Å². The van der Waals surface area contributed by atoms with E-state index in [4.69, 9.17) is 0 Å². The molecule has 4 rings (SSSR count). The number of fused-ring (bicyclic) bond motifs is 1. The summed E-state index contributed by atoms with van der Waals surface area (Å²) in [4.78, 5) is 12.4. The first-order valence-corrected chi connectivity index (χ1v) is 11.3. The quantitative estimate of drug-likeness (QED) is 0.320. The van der Waals surface area contributed by atoms with Crippen LogP contribution in [0.15, 0.2) is 90.6 Å². The first-order chi connectivity index (χ1) is 16.0. The minimum atomic E-state index is -1.10. The molecule has 0 saturated heterocycles. The van der Waals surface area contributed by atoms with Gasteiger partial charge in [0.15, 0.2) is 5.66 Å². The van der Waals surface area contributed by atoms with E-state index in [1.807, 2.05) is 84.9 Å². The summed E-state index contributed by atoms with van der Waals surface area (Å²) in [5.74, 6) is 0.341. The molecule has 1 aliphatic rings. The lowest BCUT2D eigenvalue weighted by Crippen LogP contribution is -2.59. The number of nitrogens with zero attached hydrogens (tertiary/aromatic N) is 1. The fraction of sp³-hybridized carbons (Fsp3) is 0.259. The molecule has 0 radical (unpaired) electrons. The molecule has 0 amide bonds. The Hall–Kier alpha value is -3.64. The molecule has 3 N–H and O–H groups in total. The molecule has 0 spiro atoms. The van der Waals surface area contributed by atoms with E-state index in [2.05, 4.69) is 29.8 Å². The Bertz CT molecular complexity index is 1130. The highest BCUT2D eigenvalue weighted by Gasteiger charge is 2.49. The molecule has 1 heterocycles. The lowest BCUT2D eigenvalue weighted by molar-refractivity contribution is -0.434. The minimum absolute atomic E-state index is 0.113. The van der Waals surface area contributed by atoms with Crippen LogP contribution in [0, 0.1) is 16.0 Å². The summed E-state index contributed by atoms with van der Waals surface area (Å²) >= 11 is 0. The molecular weight excluding hydrogens is 412 g/mol. The van der Waals surface area contributed by atoms with Gasteiger partial charge < -0.3 is 10.6 Å². The largest absolute Gasteiger partial charge is 0.379 e. The van der Waals surface area contributed by atoms with Crippen molar-refractivity contribution in [1.29, 1.82) is 0 Å². The molecule has 3 aromatic carbocycles. The molecule has 3 aromatic rings. The number of benzene rings is 3. The fourth-order valence-corrected chi connectivity index (χ4v) is 4.24. The second-order valence-corrected chi connectivity index (χ2v) is 8.83. The molecule has 0 aliphatic carbocycles. The Balaban J connectivity index is 1.86. The van der Waals surface area contributed by atoms with Gasteiger partial charge in [-0.05, 0) is 23.1 Å². The van der Waals surface area contributed by atoms with Crippen molar-refractivity contribution >= 4 is 11.4 Å². The number of hydrogen-bond donors (Lipinski definition) is 3. The third-order valence-electron chi connectivity index (χ3n) is 5.80. The average Bonchev–Trinajstić information content (AvgIpc) is 2.82. The predicted molar refractivity (Wildman–Crippen MR) is 133 cm³/mol. The third kappa shape index (κ3) is 5.07. The van der Waals surface area contributed by atoms with Crippen LogP contribution >= 0.6 is 0 Å². The van der Waals surface area contributed by atoms with Crippen LogP contribution in [-0.2, 0) is 13.0 Å². The van der Waals surface area contributed by atoms with Crippen LogP contribution in [0.5, 0.6) is 0 Å². The van der Waals surface area contributed by atoms with Crippen molar-refractivity contribution in [3.05, 3.63) is 117 Å². The predicted octanol–water partition coefficient (Wildman–Crippen LogP) is 5.03. The maximum atomic E-state index is 12.7. The molecule has 170 valence electrons. The molecule has 33 heavy (non-hydrogen) atoms. The minimum Gasteiger partial charge on any atom is -0.379 e. The molecule has 0 fully saturated rings. The van der Waals surface area contributed by atoms with Gasteiger partial charge in [-0.2, -0.15) is 0 Å². The van der Waals surface area contributed by atoms with Crippen molar-refractivity contribution in [3.8, 4) is 0 Å². The van der Waals surface area contributed by atoms with E-state index in [1.54, 1.807) is 0 Å². The lowest BCUT2D eigenvalue weighted by atomic mass is 9.88. The molecule has 1 atom stereocenters. The van der Waals surface area contributed by atoms with Crippen molar-refractivity contribution < 1.29 is 4.92 Å². The van der Waals surface area contributed by atoms with Crippen LogP contribution in [0.2, 0.25) is 0 Å².